The van der Waals surface area contributed by atoms with Crippen LogP contribution in [0.1, 0.15) is 11.1 Å². The SMILES string of the molecule is C=C=C[C@]1(O)C(=O)N(Cc2ccc(OC)cc2)c2ccccc21. The third-order valence-electron chi connectivity index (χ3n) is 3.99. The van der Waals surface area contributed by atoms with Gasteiger partial charge in [-0.1, -0.05) is 36.9 Å². The molecule has 0 saturated carbocycles. The Hall–Kier alpha value is -2.81. The van der Waals surface area contributed by atoms with E-state index in [9.17, 15) is 9.90 Å². The quantitative estimate of drug-likeness (QED) is 0.884. The second-order valence-electron chi connectivity index (χ2n) is 5.37. The first-order valence-electron chi connectivity index (χ1n) is 7.24. The second-order valence-corrected chi connectivity index (χ2v) is 5.37. The molecule has 0 unspecified atom stereocenters. The smallest absolute Gasteiger partial charge is 0.268 e. The van der Waals surface area contributed by atoms with Gasteiger partial charge in [-0.3, -0.25) is 4.79 Å². The Morgan fingerprint density at radius 2 is 1.96 bits per heavy atom. The Labute approximate surface area is 134 Å². The van der Waals surface area contributed by atoms with E-state index in [0.717, 1.165) is 11.3 Å². The van der Waals surface area contributed by atoms with Crippen LogP contribution >= 0.6 is 0 Å². The van der Waals surface area contributed by atoms with Gasteiger partial charge in [-0.15, -0.1) is 5.73 Å². The molecule has 1 aliphatic heterocycles. The molecule has 1 atom stereocenters. The average Bonchev–Trinajstić information content (AvgIpc) is 2.78. The number of hydrogen-bond acceptors (Lipinski definition) is 3. The van der Waals surface area contributed by atoms with Gasteiger partial charge in [0.25, 0.3) is 5.91 Å². The topological polar surface area (TPSA) is 49.8 Å². The van der Waals surface area contributed by atoms with Gasteiger partial charge in [0, 0.05) is 11.6 Å². The van der Waals surface area contributed by atoms with Crippen LogP contribution in [-0.2, 0) is 16.9 Å². The van der Waals surface area contributed by atoms with Crippen LogP contribution in [0, 0.1) is 0 Å². The molecule has 4 nitrogen and oxygen atoms in total. The number of benzene rings is 2. The molecular formula is C19H17NO3. The lowest BCUT2D eigenvalue weighted by Gasteiger charge is -2.20. The van der Waals surface area contributed by atoms with Crippen LogP contribution in [0.4, 0.5) is 5.69 Å². The number of methoxy groups -OCH3 is 1. The fourth-order valence-corrected chi connectivity index (χ4v) is 2.82. The van der Waals surface area contributed by atoms with Crippen molar-refractivity contribution in [1.29, 1.82) is 0 Å². The largest absolute Gasteiger partial charge is 0.497 e. The molecule has 2 aromatic carbocycles. The zero-order valence-corrected chi connectivity index (χ0v) is 12.8. The first-order valence-corrected chi connectivity index (χ1v) is 7.24. The molecule has 23 heavy (non-hydrogen) atoms. The van der Waals surface area contributed by atoms with E-state index in [1.807, 2.05) is 36.4 Å². The van der Waals surface area contributed by atoms with Crippen molar-refractivity contribution < 1.29 is 14.6 Å². The number of anilines is 1. The van der Waals surface area contributed by atoms with Crippen molar-refractivity contribution in [2.45, 2.75) is 12.1 Å². The zero-order valence-electron chi connectivity index (χ0n) is 12.8. The maximum absolute atomic E-state index is 12.8. The van der Waals surface area contributed by atoms with Crippen LogP contribution in [0.15, 0.2) is 66.9 Å². The molecule has 1 N–H and O–H groups in total. The van der Waals surface area contributed by atoms with Crippen molar-refractivity contribution in [3.63, 3.8) is 0 Å². The minimum absolute atomic E-state index is 0.368. The molecule has 1 amide bonds. The van der Waals surface area contributed by atoms with Gasteiger partial charge in [-0.25, -0.2) is 0 Å². The van der Waals surface area contributed by atoms with Gasteiger partial charge in [-0.05, 0) is 23.8 Å². The molecule has 0 saturated heterocycles. The number of amides is 1. The molecule has 0 aromatic heterocycles. The van der Waals surface area contributed by atoms with Gasteiger partial charge in [0.15, 0.2) is 5.60 Å². The lowest BCUT2D eigenvalue weighted by atomic mass is 9.95. The van der Waals surface area contributed by atoms with Gasteiger partial charge >= 0.3 is 0 Å². The van der Waals surface area contributed by atoms with E-state index in [-0.39, 0.29) is 0 Å². The van der Waals surface area contributed by atoms with Gasteiger partial charge in [0.2, 0.25) is 0 Å². The highest BCUT2D eigenvalue weighted by Gasteiger charge is 2.47. The van der Waals surface area contributed by atoms with E-state index < -0.39 is 11.5 Å². The normalized spacial score (nSPS) is 19.2. The van der Waals surface area contributed by atoms with Crippen LogP contribution < -0.4 is 9.64 Å². The molecule has 0 bridgehead atoms. The summed E-state index contributed by atoms with van der Waals surface area (Å²) in [5.41, 5.74) is 3.02. The summed E-state index contributed by atoms with van der Waals surface area (Å²) in [7, 11) is 1.61. The average molecular weight is 307 g/mol. The number of aliphatic hydroxyl groups is 1. The van der Waals surface area contributed by atoms with Crippen LogP contribution in [0.25, 0.3) is 0 Å². The van der Waals surface area contributed by atoms with Gasteiger partial charge < -0.3 is 14.7 Å². The van der Waals surface area contributed by atoms with Crippen molar-refractivity contribution in [2.24, 2.45) is 0 Å². The summed E-state index contributed by atoms with van der Waals surface area (Å²) in [6.07, 6.45) is 1.31. The fraction of sp³-hybridized carbons (Fsp3) is 0.158. The third kappa shape index (κ3) is 2.44. The Bertz CT molecular complexity index is 791. The molecule has 0 fully saturated rings. The molecule has 0 aliphatic carbocycles. The Kier molecular flexibility index (Phi) is 3.78. The number of rotatable bonds is 4. The Morgan fingerprint density at radius 3 is 2.61 bits per heavy atom. The lowest BCUT2D eigenvalue weighted by molar-refractivity contribution is -0.131. The second kappa shape index (κ2) is 5.76. The first-order chi connectivity index (χ1) is 11.1. The van der Waals surface area contributed by atoms with Crippen LogP contribution in [0.3, 0.4) is 0 Å². The summed E-state index contributed by atoms with van der Waals surface area (Å²) in [6, 6.07) is 14.7. The van der Waals surface area contributed by atoms with Crippen molar-refractivity contribution in [3.8, 4) is 5.75 Å². The van der Waals surface area contributed by atoms with E-state index in [4.69, 9.17) is 4.74 Å². The highest BCUT2D eigenvalue weighted by molar-refractivity contribution is 6.08. The van der Waals surface area contributed by atoms with Crippen molar-refractivity contribution >= 4 is 11.6 Å². The molecule has 116 valence electrons. The number of nitrogens with zero attached hydrogens (tertiary/aromatic N) is 1. The lowest BCUT2D eigenvalue weighted by Crippen LogP contribution is -2.38. The molecule has 0 radical (unpaired) electrons. The Balaban J connectivity index is 1.99. The van der Waals surface area contributed by atoms with E-state index in [2.05, 4.69) is 12.3 Å². The van der Waals surface area contributed by atoms with E-state index in [1.54, 1.807) is 24.1 Å². The molecule has 1 heterocycles. The molecule has 1 aliphatic rings. The predicted octanol–water partition coefficient (Wildman–Crippen LogP) is 2.77. The van der Waals surface area contributed by atoms with Crippen molar-refractivity contribution in [1.82, 2.24) is 0 Å². The standard InChI is InChI=1S/C19H17NO3/c1-3-12-19(22)16-6-4-5-7-17(16)20(18(19)21)13-14-8-10-15(23-2)11-9-14/h4-12,22H,1,13H2,2H3/t19-/m1/s1. The number of ether oxygens (including phenoxy) is 1. The van der Waals surface area contributed by atoms with Crippen LogP contribution in [-0.4, -0.2) is 18.1 Å². The van der Waals surface area contributed by atoms with Gasteiger partial charge in [0.05, 0.1) is 19.3 Å². The van der Waals surface area contributed by atoms with E-state index >= 15 is 0 Å². The minimum Gasteiger partial charge on any atom is -0.497 e. The van der Waals surface area contributed by atoms with Gasteiger partial charge in [0.1, 0.15) is 5.75 Å². The highest BCUT2D eigenvalue weighted by Crippen LogP contribution is 2.41. The van der Waals surface area contributed by atoms with Crippen molar-refractivity contribution in [3.05, 3.63) is 78.0 Å². The maximum atomic E-state index is 12.8. The number of carbonyl (C=O) groups is 1. The number of fused-ring (bicyclic) bond motifs is 1. The zero-order chi connectivity index (χ0) is 16.4. The minimum atomic E-state index is -1.70. The summed E-state index contributed by atoms with van der Waals surface area (Å²) in [5.74, 6) is 0.360. The molecular weight excluding hydrogens is 290 g/mol. The molecule has 2 aromatic rings. The van der Waals surface area contributed by atoms with Crippen LogP contribution in [0.5, 0.6) is 5.75 Å². The number of para-hydroxylation sites is 1. The van der Waals surface area contributed by atoms with Gasteiger partial charge in [-0.2, -0.15) is 0 Å². The Morgan fingerprint density at radius 1 is 1.26 bits per heavy atom. The van der Waals surface area contributed by atoms with Crippen molar-refractivity contribution in [2.75, 3.05) is 12.0 Å². The van der Waals surface area contributed by atoms with E-state index in [1.165, 1.54) is 6.08 Å². The maximum Gasteiger partial charge on any atom is 0.268 e. The highest BCUT2D eigenvalue weighted by atomic mass is 16.5. The third-order valence-corrected chi connectivity index (χ3v) is 3.99. The molecule has 0 spiro atoms. The predicted molar refractivity (Wildman–Crippen MR) is 88.2 cm³/mol. The summed E-state index contributed by atoms with van der Waals surface area (Å²) in [6.45, 7) is 3.85. The fourth-order valence-electron chi connectivity index (χ4n) is 2.82. The summed E-state index contributed by atoms with van der Waals surface area (Å²) >= 11 is 0. The van der Waals surface area contributed by atoms with E-state index in [0.29, 0.717) is 17.8 Å². The van der Waals surface area contributed by atoms with Crippen LogP contribution in [0.2, 0.25) is 0 Å². The number of carbonyl (C=O) groups excluding carboxylic acids is 1. The summed E-state index contributed by atoms with van der Waals surface area (Å²) < 4.78 is 5.14. The number of hydrogen-bond donors (Lipinski definition) is 1. The summed E-state index contributed by atoms with van der Waals surface area (Å²) in [5, 5.41) is 10.8. The molecule has 4 heteroatoms. The monoisotopic (exact) mass is 307 g/mol. The first kappa shape index (κ1) is 15.1. The summed E-state index contributed by atoms with van der Waals surface area (Å²) in [4.78, 5) is 14.3. The molecule has 3 rings (SSSR count).